The van der Waals surface area contributed by atoms with Crippen molar-refractivity contribution in [3.63, 3.8) is 0 Å². The number of rotatable bonds is 2. The van der Waals surface area contributed by atoms with E-state index in [9.17, 15) is 5.11 Å². The maximum Gasteiger partial charge on any atom is 0.0598 e. The molecule has 0 aromatic heterocycles. The molecule has 18 heavy (non-hydrogen) atoms. The van der Waals surface area contributed by atoms with Gasteiger partial charge in [0.05, 0.1) is 6.10 Å². The average Bonchev–Trinajstić information content (AvgIpc) is 2.47. The highest BCUT2D eigenvalue weighted by Gasteiger charge is 2.37. The van der Waals surface area contributed by atoms with Crippen LogP contribution in [0.3, 0.4) is 0 Å². The second-order valence-electron chi connectivity index (χ2n) is 6.82. The monoisotopic (exact) mass is 252 g/mol. The maximum atomic E-state index is 10.6. The summed E-state index contributed by atoms with van der Waals surface area (Å²) in [4.78, 5) is 0. The fourth-order valence-corrected chi connectivity index (χ4v) is 4.66. The van der Waals surface area contributed by atoms with Crippen molar-refractivity contribution in [2.24, 2.45) is 23.7 Å². The van der Waals surface area contributed by atoms with Gasteiger partial charge in [-0.1, -0.05) is 25.7 Å². The number of ether oxygens (including phenoxy) is 1. The lowest BCUT2D eigenvalue weighted by Gasteiger charge is -2.42. The molecule has 1 aliphatic heterocycles. The van der Waals surface area contributed by atoms with Crippen LogP contribution in [-0.4, -0.2) is 24.4 Å². The standard InChI is InChI=1S/C16H28O2/c17-16(13-7-9-18-10-8-13)15-6-5-12-3-1-2-4-14(12)11-15/h12-17H,1-11H2. The summed E-state index contributed by atoms with van der Waals surface area (Å²) in [5.41, 5.74) is 0. The van der Waals surface area contributed by atoms with Crippen molar-refractivity contribution >= 4 is 0 Å². The summed E-state index contributed by atoms with van der Waals surface area (Å²) < 4.78 is 5.41. The molecule has 0 radical (unpaired) electrons. The first-order chi connectivity index (χ1) is 8.84. The minimum atomic E-state index is -0.0447. The van der Waals surface area contributed by atoms with Gasteiger partial charge in [-0.2, -0.15) is 0 Å². The molecule has 2 nitrogen and oxygen atoms in total. The number of aliphatic hydroxyl groups is 1. The topological polar surface area (TPSA) is 29.5 Å². The molecular weight excluding hydrogens is 224 g/mol. The van der Waals surface area contributed by atoms with Crippen molar-refractivity contribution in [3.8, 4) is 0 Å². The Balaban J connectivity index is 1.55. The highest BCUT2D eigenvalue weighted by molar-refractivity contribution is 4.88. The third-order valence-corrected chi connectivity index (χ3v) is 5.81. The van der Waals surface area contributed by atoms with Crippen molar-refractivity contribution in [1.29, 1.82) is 0 Å². The van der Waals surface area contributed by atoms with Gasteiger partial charge in [0.25, 0.3) is 0 Å². The van der Waals surface area contributed by atoms with Crippen LogP contribution in [-0.2, 0) is 4.74 Å². The van der Waals surface area contributed by atoms with E-state index in [-0.39, 0.29) is 6.10 Å². The highest BCUT2D eigenvalue weighted by Crippen LogP contribution is 2.45. The van der Waals surface area contributed by atoms with Gasteiger partial charge in [0, 0.05) is 13.2 Å². The lowest BCUT2D eigenvalue weighted by molar-refractivity contribution is -0.0396. The van der Waals surface area contributed by atoms with Crippen molar-refractivity contribution in [2.75, 3.05) is 13.2 Å². The molecule has 3 rings (SSSR count). The predicted octanol–water partition coefficient (Wildman–Crippen LogP) is 3.38. The Morgan fingerprint density at radius 3 is 2.28 bits per heavy atom. The first kappa shape index (κ1) is 12.9. The van der Waals surface area contributed by atoms with E-state index < -0.39 is 0 Å². The zero-order valence-electron chi connectivity index (χ0n) is 11.5. The fourth-order valence-electron chi connectivity index (χ4n) is 4.66. The Labute approximate surface area is 111 Å². The minimum absolute atomic E-state index is 0.0447. The summed E-state index contributed by atoms with van der Waals surface area (Å²) >= 11 is 0. The van der Waals surface area contributed by atoms with Gasteiger partial charge in [0.15, 0.2) is 0 Å². The zero-order valence-corrected chi connectivity index (χ0v) is 11.5. The Morgan fingerprint density at radius 2 is 1.50 bits per heavy atom. The summed E-state index contributed by atoms with van der Waals surface area (Å²) in [6, 6.07) is 0. The van der Waals surface area contributed by atoms with E-state index in [1.165, 1.54) is 44.9 Å². The Kier molecular flexibility index (Phi) is 4.25. The highest BCUT2D eigenvalue weighted by atomic mass is 16.5. The molecule has 4 unspecified atom stereocenters. The van der Waals surface area contributed by atoms with E-state index >= 15 is 0 Å². The molecule has 0 amide bonds. The third-order valence-electron chi connectivity index (χ3n) is 5.81. The zero-order chi connectivity index (χ0) is 12.4. The van der Waals surface area contributed by atoms with E-state index in [0.717, 1.165) is 37.9 Å². The summed E-state index contributed by atoms with van der Waals surface area (Å²) in [5, 5.41) is 10.6. The maximum absolute atomic E-state index is 10.6. The summed E-state index contributed by atoms with van der Waals surface area (Å²) in [7, 11) is 0. The van der Waals surface area contributed by atoms with Crippen molar-refractivity contribution in [3.05, 3.63) is 0 Å². The second kappa shape index (κ2) is 5.92. The Bertz CT molecular complexity index is 257. The van der Waals surface area contributed by atoms with Gasteiger partial charge in [-0.05, 0) is 55.8 Å². The molecule has 2 aliphatic carbocycles. The van der Waals surface area contributed by atoms with Crippen LogP contribution < -0.4 is 0 Å². The average molecular weight is 252 g/mol. The molecule has 1 N–H and O–H groups in total. The first-order valence-corrected chi connectivity index (χ1v) is 8.10. The van der Waals surface area contributed by atoms with E-state index in [1.807, 2.05) is 0 Å². The van der Waals surface area contributed by atoms with Crippen LogP contribution in [0.25, 0.3) is 0 Å². The minimum Gasteiger partial charge on any atom is -0.393 e. The SMILES string of the molecule is OC(C1CCOCC1)C1CCC2CCCCC2C1. The Hall–Kier alpha value is -0.0800. The lowest BCUT2D eigenvalue weighted by atomic mass is 9.65. The summed E-state index contributed by atoms with van der Waals surface area (Å²) in [6.07, 6.45) is 11.9. The number of fused-ring (bicyclic) bond motifs is 1. The van der Waals surface area contributed by atoms with Gasteiger partial charge in [-0.3, -0.25) is 0 Å². The molecule has 0 spiro atoms. The number of hydrogen-bond donors (Lipinski definition) is 1. The molecule has 1 heterocycles. The van der Waals surface area contributed by atoms with E-state index in [4.69, 9.17) is 4.74 Å². The molecule has 0 bridgehead atoms. The number of hydrogen-bond acceptors (Lipinski definition) is 2. The molecule has 3 fully saturated rings. The molecule has 1 saturated heterocycles. The molecular formula is C16H28O2. The molecule has 104 valence electrons. The van der Waals surface area contributed by atoms with E-state index in [0.29, 0.717) is 11.8 Å². The third kappa shape index (κ3) is 2.75. The molecule has 3 aliphatic rings. The molecule has 0 aromatic rings. The van der Waals surface area contributed by atoms with Gasteiger partial charge >= 0.3 is 0 Å². The molecule has 2 heteroatoms. The molecule has 4 atom stereocenters. The largest absolute Gasteiger partial charge is 0.393 e. The van der Waals surface area contributed by atoms with Gasteiger partial charge in [-0.15, -0.1) is 0 Å². The predicted molar refractivity (Wildman–Crippen MR) is 72.3 cm³/mol. The lowest BCUT2D eigenvalue weighted by Crippen LogP contribution is -2.38. The second-order valence-corrected chi connectivity index (χ2v) is 6.82. The van der Waals surface area contributed by atoms with Gasteiger partial charge < -0.3 is 9.84 Å². The van der Waals surface area contributed by atoms with Crippen LogP contribution in [0.2, 0.25) is 0 Å². The van der Waals surface area contributed by atoms with Gasteiger partial charge in [0.2, 0.25) is 0 Å². The van der Waals surface area contributed by atoms with Crippen LogP contribution in [0.5, 0.6) is 0 Å². The van der Waals surface area contributed by atoms with E-state index in [1.54, 1.807) is 0 Å². The Morgan fingerprint density at radius 1 is 0.778 bits per heavy atom. The van der Waals surface area contributed by atoms with Gasteiger partial charge in [-0.25, -0.2) is 0 Å². The van der Waals surface area contributed by atoms with Crippen molar-refractivity contribution in [2.45, 2.75) is 63.9 Å². The van der Waals surface area contributed by atoms with Crippen LogP contribution in [0, 0.1) is 23.7 Å². The normalized spacial score (nSPS) is 40.2. The summed E-state index contributed by atoms with van der Waals surface area (Å²) in [6.45, 7) is 1.72. The molecule has 0 aromatic carbocycles. The van der Waals surface area contributed by atoms with Crippen LogP contribution >= 0.6 is 0 Å². The van der Waals surface area contributed by atoms with Crippen LogP contribution in [0.1, 0.15) is 57.8 Å². The van der Waals surface area contributed by atoms with Crippen LogP contribution in [0.15, 0.2) is 0 Å². The fraction of sp³-hybridized carbons (Fsp3) is 1.00. The van der Waals surface area contributed by atoms with Crippen LogP contribution in [0.4, 0.5) is 0 Å². The van der Waals surface area contributed by atoms with Crippen molar-refractivity contribution < 1.29 is 9.84 Å². The van der Waals surface area contributed by atoms with E-state index in [2.05, 4.69) is 0 Å². The first-order valence-electron chi connectivity index (χ1n) is 8.10. The summed E-state index contributed by atoms with van der Waals surface area (Å²) in [5.74, 6) is 3.04. The quantitative estimate of drug-likeness (QED) is 0.816. The van der Waals surface area contributed by atoms with Crippen molar-refractivity contribution in [1.82, 2.24) is 0 Å². The molecule has 2 saturated carbocycles. The van der Waals surface area contributed by atoms with Gasteiger partial charge in [0.1, 0.15) is 0 Å². The number of aliphatic hydroxyl groups excluding tert-OH is 1. The smallest absolute Gasteiger partial charge is 0.0598 e.